The molecule has 13 nitrogen and oxygen atoms in total. The van der Waals surface area contributed by atoms with Gasteiger partial charge in [0.2, 0.25) is 5.91 Å². The van der Waals surface area contributed by atoms with Crippen LogP contribution in [-0.2, 0) is 19.1 Å². The van der Waals surface area contributed by atoms with Crippen LogP contribution in [0.1, 0.15) is 51.0 Å². The standard InChI is InChI=1S/C28H36N4O9/c1-5-40-27(39)32-14-12-31(13-15-32)25(36)19(10-11-22(33)34)30-24(35)20-16-21(17-8-6-7-9-18(17)29-20)41-23(26(37)38)28(2,3)4/h6-9,16,19,23H,5,10-15H2,1-4H3,(H,30,35)(H,33,34)(H,37,38). The van der Waals surface area contributed by atoms with E-state index >= 15 is 0 Å². The van der Waals surface area contributed by atoms with E-state index in [1.165, 1.54) is 15.9 Å². The summed E-state index contributed by atoms with van der Waals surface area (Å²) in [5, 5.41) is 22.1. The summed E-state index contributed by atoms with van der Waals surface area (Å²) in [6.45, 7) is 7.91. The zero-order valence-electron chi connectivity index (χ0n) is 23.6. The molecule has 2 heterocycles. The number of fused-ring (bicyclic) bond motifs is 1. The minimum Gasteiger partial charge on any atom is -0.481 e. The van der Waals surface area contributed by atoms with Crippen molar-refractivity contribution in [1.29, 1.82) is 0 Å². The Kier molecular flexibility index (Phi) is 10.1. The number of rotatable bonds is 10. The number of benzene rings is 1. The van der Waals surface area contributed by atoms with Gasteiger partial charge in [-0.3, -0.25) is 14.4 Å². The molecule has 0 saturated carbocycles. The average molecular weight is 573 g/mol. The average Bonchev–Trinajstić information content (AvgIpc) is 2.92. The molecule has 3 N–H and O–H groups in total. The number of hydrogen-bond donors (Lipinski definition) is 3. The van der Waals surface area contributed by atoms with Crippen LogP contribution in [0.4, 0.5) is 4.79 Å². The number of piperazine rings is 1. The Balaban J connectivity index is 1.85. The first-order valence-electron chi connectivity index (χ1n) is 13.3. The molecule has 1 fully saturated rings. The molecular formula is C28H36N4O9. The van der Waals surface area contributed by atoms with E-state index in [0.29, 0.717) is 10.9 Å². The molecule has 1 aromatic carbocycles. The second-order valence-corrected chi connectivity index (χ2v) is 10.7. The maximum Gasteiger partial charge on any atom is 0.409 e. The zero-order valence-corrected chi connectivity index (χ0v) is 23.6. The van der Waals surface area contributed by atoms with Crippen molar-refractivity contribution < 1.29 is 43.7 Å². The quantitative estimate of drug-likeness (QED) is 0.383. The minimum absolute atomic E-state index is 0.128. The highest BCUT2D eigenvalue weighted by molar-refractivity contribution is 5.99. The maximum absolute atomic E-state index is 13.4. The number of pyridine rings is 1. The SMILES string of the molecule is CCOC(=O)N1CCN(C(=O)C(CCC(=O)O)NC(=O)c2cc(OC(C(=O)O)C(C)(C)C)c3ccccc3n2)CC1. The fourth-order valence-electron chi connectivity index (χ4n) is 4.38. The molecule has 3 amide bonds. The number of nitrogens with one attached hydrogen (secondary N) is 1. The van der Waals surface area contributed by atoms with Gasteiger partial charge in [-0.1, -0.05) is 32.9 Å². The number of aliphatic carboxylic acids is 2. The van der Waals surface area contributed by atoms with Crippen molar-refractivity contribution in [2.45, 2.75) is 52.7 Å². The Labute approximate surface area is 237 Å². The lowest BCUT2D eigenvalue weighted by atomic mass is 9.89. The predicted molar refractivity (Wildman–Crippen MR) is 147 cm³/mol. The number of hydrogen-bond acceptors (Lipinski definition) is 8. The lowest BCUT2D eigenvalue weighted by molar-refractivity contribution is -0.150. The van der Waals surface area contributed by atoms with Crippen LogP contribution in [0.5, 0.6) is 5.75 Å². The highest BCUT2D eigenvalue weighted by atomic mass is 16.6. The topological polar surface area (TPSA) is 176 Å². The van der Waals surface area contributed by atoms with Crippen molar-refractivity contribution in [2.24, 2.45) is 5.41 Å². The third-order valence-corrected chi connectivity index (χ3v) is 6.53. The fraction of sp³-hybridized carbons (Fsp3) is 0.500. The monoisotopic (exact) mass is 572 g/mol. The van der Waals surface area contributed by atoms with Gasteiger partial charge in [-0.15, -0.1) is 0 Å². The summed E-state index contributed by atoms with van der Waals surface area (Å²) >= 11 is 0. The second kappa shape index (κ2) is 13.3. The van der Waals surface area contributed by atoms with Crippen LogP contribution >= 0.6 is 0 Å². The normalized spacial score (nSPS) is 15.1. The largest absolute Gasteiger partial charge is 0.481 e. The minimum atomic E-state index is -1.23. The lowest BCUT2D eigenvalue weighted by Gasteiger charge is -2.36. The van der Waals surface area contributed by atoms with Gasteiger partial charge in [0.25, 0.3) is 5.91 Å². The number of carboxylic acids is 2. The summed E-state index contributed by atoms with van der Waals surface area (Å²) in [5.41, 5.74) is -0.529. The highest BCUT2D eigenvalue weighted by Gasteiger charge is 2.35. The van der Waals surface area contributed by atoms with Crippen molar-refractivity contribution >= 4 is 40.7 Å². The number of para-hydroxylation sites is 1. The Morgan fingerprint density at radius 3 is 2.24 bits per heavy atom. The summed E-state index contributed by atoms with van der Waals surface area (Å²) in [5.74, 6) is -3.42. The molecule has 13 heteroatoms. The number of ether oxygens (including phenoxy) is 2. The molecular weight excluding hydrogens is 536 g/mol. The van der Waals surface area contributed by atoms with Gasteiger partial charge in [-0.2, -0.15) is 0 Å². The highest BCUT2D eigenvalue weighted by Crippen LogP contribution is 2.31. The van der Waals surface area contributed by atoms with Gasteiger partial charge in [0.15, 0.2) is 6.10 Å². The van der Waals surface area contributed by atoms with Gasteiger partial charge < -0.3 is 34.8 Å². The Morgan fingerprint density at radius 2 is 1.66 bits per heavy atom. The van der Waals surface area contributed by atoms with Gasteiger partial charge in [-0.05, 0) is 25.5 Å². The van der Waals surface area contributed by atoms with Gasteiger partial charge >= 0.3 is 18.0 Å². The molecule has 1 saturated heterocycles. The van der Waals surface area contributed by atoms with Crippen LogP contribution in [0.15, 0.2) is 30.3 Å². The number of aromatic nitrogens is 1. The third kappa shape index (κ3) is 8.05. The Bertz CT molecular complexity index is 1300. The fourth-order valence-corrected chi connectivity index (χ4v) is 4.38. The Hall–Kier alpha value is -4.42. The van der Waals surface area contributed by atoms with Crippen molar-refractivity contribution in [3.05, 3.63) is 36.0 Å². The smallest absolute Gasteiger partial charge is 0.409 e. The molecule has 0 radical (unpaired) electrons. The summed E-state index contributed by atoms with van der Waals surface area (Å²) in [4.78, 5) is 69.3. The Morgan fingerprint density at radius 1 is 1.02 bits per heavy atom. The molecule has 0 bridgehead atoms. The summed E-state index contributed by atoms with van der Waals surface area (Å²) < 4.78 is 10.9. The molecule has 3 rings (SSSR count). The van der Waals surface area contributed by atoms with Crippen molar-refractivity contribution in [1.82, 2.24) is 20.1 Å². The van der Waals surface area contributed by atoms with E-state index in [-0.39, 0.29) is 57.1 Å². The first-order chi connectivity index (χ1) is 19.3. The molecule has 1 aromatic heterocycles. The van der Waals surface area contributed by atoms with E-state index in [2.05, 4.69) is 10.3 Å². The lowest BCUT2D eigenvalue weighted by Crippen LogP contribution is -2.56. The van der Waals surface area contributed by atoms with Gasteiger partial charge in [0.1, 0.15) is 17.5 Å². The van der Waals surface area contributed by atoms with E-state index in [9.17, 15) is 34.2 Å². The van der Waals surface area contributed by atoms with Crippen LogP contribution < -0.4 is 10.1 Å². The van der Waals surface area contributed by atoms with Gasteiger partial charge in [-0.25, -0.2) is 14.6 Å². The second-order valence-electron chi connectivity index (χ2n) is 10.7. The number of carboxylic acid groups (broad SMARTS) is 2. The number of carbonyl (C=O) groups excluding carboxylic acids is 3. The van der Waals surface area contributed by atoms with Crippen LogP contribution in [0.25, 0.3) is 10.9 Å². The van der Waals surface area contributed by atoms with Crippen LogP contribution in [0, 0.1) is 5.41 Å². The van der Waals surface area contributed by atoms with Crippen LogP contribution in [0.2, 0.25) is 0 Å². The molecule has 2 atom stereocenters. The molecule has 0 spiro atoms. The van der Waals surface area contributed by atoms with Gasteiger partial charge in [0, 0.05) is 49.5 Å². The number of amides is 3. The summed E-state index contributed by atoms with van der Waals surface area (Å²) in [6.07, 6.45) is -2.25. The molecule has 1 aliphatic rings. The van der Waals surface area contributed by atoms with Crippen molar-refractivity contribution in [3.8, 4) is 5.75 Å². The molecule has 222 valence electrons. The predicted octanol–water partition coefficient (Wildman–Crippen LogP) is 2.38. The molecule has 0 aliphatic carbocycles. The maximum atomic E-state index is 13.4. The van der Waals surface area contributed by atoms with E-state index in [1.807, 2.05) is 0 Å². The molecule has 1 aliphatic heterocycles. The molecule has 41 heavy (non-hydrogen) atoms. The number of nitrogens with zero attached hydrogens (tertiary/aromatic N) is 3. The number of carbonyl (C=O) groups is 5. The van der Waals surface area contributed by atoms with Crippen LogP contribution in [0.3, 0.4) is 0 Å². The van der Waals surface area contributed by atoms with E-state index in [4.69, 9.17) is 9.47 Å². The molecule has 2 aromatic rings. The van der Waals surface area contributed by atoms with Crippen molar-refractivity contribution in [2.75, 3.05) is 32.8 Å². The van der Waals surface area contributed by atoms with E-state index in [1.54, 1.807) is 52.0 Å². The van der Waals surface area contributed by atoms with Gasteiger partial charge in [0.05, 0.1) is 12.1 Å². The van der Waals surface area contributed by atoms with E-state index in [0.717, 1.165) is 0 Å². The van der Waals surface area contributed by atoms with Crippen molar-refractivity contribution in [3.63, 3.8) is 0 Å². The van der Waals surface area contributed by atoms with E-state index < -0.39 is 47.4 Å². The molecule has 2 unspecified atom stereocenters. The summed E-state index contributed by atoms with van der Waals surface area (Å²) in [6, 6.07) is 6.90. The first kappa shape index (κ1) is 31.1. The first-order valence-corrected chi connectivity index (χ1v) is 13.3. The van der Waals surface area contributed by atoms with Crippen LogP contribution in [-0.4, -0.2) is 99.8 Å². The zero-order chi connectivity index (χ0) is 30.3. The summed E-state index contributed by atoms with van der Waals surface area (Å²) in [7, 11) is 0. The third-order valence-electron chi connectivity index (χ3n) is 6.53.